The van der Waals surface area contributed by atoms with Crippen LogP contribution in [0.1, 0.15) is 98.0 Å². The number of fused-ring (bicyclic) bond motifs is 1. The lowest BCUT2D eigenvalue weighted by atomic mass is 9.98. The minimum absolute atomic E-state index is 0.0451. The van der Waals surface area contributed by atoms with Crippen molar-refractivity contribution in [1.29, 1.82) is 0 Å². The molecule has 1 fully saturated rings. The largest absolute Gasteiger partial charge is 0.484 e. The van der Waals surface area contributed by atoms with E-state index < -0.39 is 66.8 Å². The molecule has 0 N–H and O–H groups in total. The maximum atomic E-state index is 13.4. The van der Waals surface area contributed by atoms with Crippen molar-refractivity contribution in [1.82, 2.24) is 0 Å². The smallest absolute Gasteiger partial charge is 0.383 e. The molecule has 1 saturated heterocycles. The quantitative estimate of drug-likeness (QED) is 0.0482. The molecule has 4 rings (SSSR count). The summed E-state index contributed by atoms with van der Waals surface area (Å²) in [6, 6.07) is 14.0. The van der Waals surface area contributed by atoms with E-state index in [1.807, 2.05) is 30.3 Å². The fourth-order valence-corrected chi connectivity index (χ4v) is 6.21. The summed E-state index contributed by atoms with van der Waals surface area (Å²) in [6.45, 7) is 6.80. The second-order valence-electron chi connectivity index (χ2n) is 13.3. The average molecular weight is 769 g/mol. The Hall–Kier alpha value is -5.11. The molecule has 55 heavy (non-hydrogen) atoms. The summed E-state index contributed by atoms with van der Waals surface area (Å²) in [7, 11) is 0. The van der Waals surface area contributed by atoms with Gasteiger partial charge in [-0.3, -0.25) is 19.2 Å². The molecule has 1 aliphatic heterocycles. The monoisotopic (exact) mass is 768 g/mol. The molecular formula is C41H52O14. The first-order valence-corrected chi connectivity index (χ1v) is 18.8. The van der Waals surface area contributed by atoms with Crippen molar-refractivity contribution >= 4 is 34.8 Å². The molecule has 0 aliphatic carbocycles. The topological polar surface area (TPSA) is 172 Å². The van der Waals surface area contributed by atoms with Crippen LogP contribution in [0.15, 0.2) is 57.7 Å². The first kappa shape index (κ1) is 42.6. The van der Waals surface area contributed by atoms with Crippen molar-refractivity contribution in [2.75, 3.05) is 13.2 Å². The van der Waals surface area contributed by atoms with E-state index in [1.54, 1.807) is 12.1 Å². The Bertz CT molecular complexity index is 1770. The third kappa shape index (κ3) is 13.3. The van der Waals surface area contributed by atoms with Gasteiger partial charge in [-0.25, -0.2) is 4.79 Å². The molecule has 5 atom stereocenters. The Morgan fingerprint density at radius 1 is 0.673 bits per heavy atom. The molecule has 0 amide bonds. The molecule has 0 spiro atoms. The van der Waals surface area contributed by atoms with Gasteiger partial charge in [0.1, 0.15) is 30.7 Å². The van der Waals surface area contributed by atoms with Crippen LogP contribution in [0.2, 0.25) is 0 Å². The summed E-state index contributed by atoms with van der Waals surface area (Å²) in [5.41, 5.74) is 0.208. The van der Waals surface area contributed by atoms with E-state index in [0.29, 0.717) is 12.0 Å². The molecule has 3 aromatic rings. The molecule has 14 heteroatoms. The highest BCUT2D eigenvalue weighted by Crippen LogP contribution is 2.37. The van der Waals surface area contributed by atoms with Crippen molar-refractivity contribution in [2.45, 2.75) is 130 Å². The highest BCUT2D eigenvalue weighted by Gasteiger charge is 2.53. The van der Waals surface area contributed by atoms with Crippen LogP contribution in [0.3, 0.4) is 0 Å². The molecular weight excluding hydrogens is 716 g/mol. The molecule has 2 heterocycles. The Morgan fingerprint density at radius 3 is 1.93 bits per heavy atom. The van der Waals surface area contributed by atoms with Crippen LogP contribution in [-0.2, 0) is 49.5 Å². The fourth-order valence-electron chi connectivity index (χ4n) is 6.21. The van der Waals surface area contributed by atoms with Crippen molar-refractivity contribution in [3.8, 4) is 17.2 Å². The maximum Gasteiger partial charge on any atom is 0.383 e. The van der Waals surface area contributed by atoms with Crippen LogP contribution in [0.5, 0.6) is 17.2 Å². The molecule has 0 saturated carbocycles. The van der Waals surface area contributed by atoms with E-state index in [-0.39, 0.29) is 29.4 Å². The fraction of sp³-hybridized carbons (Fsp3) is 0.537. The lowest BCUT2D eigenvalue weighted by Crippen LogP contribution is -2.63. The minimum atomic E-state index is -1.49. The van der Waals surface area contributed by atoms with Gasteiger partial charge in [-0.15, -0.1) is 0 Å². The minimum Gasteiger partial charge on any atom is -0.484 e. The third-order valence-corrected chi connectivity index (χ3v) is 8.71. The Balaban J connectivity index is 1.61. The molecule has 1 aliphatic rings. The summed E-state index contributed by atoms with van der Waals surface area (Å²) in [5.74, 6) is -2.72. The summed E-state index contributed by atoms with van der Waals surface area (Å²) < 4.78 is 51.7. The first-order valence-electron chi connectivity index (χ1n) is 18.8. The van der Waals surface area contributed by atoms with Gasteiger partial charge < -0.3 is 42.3 Å². The lowest BCUT2D eigenvalue weighted by Gasteiger charge is -2.43. The third-order valence-electron chi connectivity index (χ3n) is 8.71. The van der Waals surface area contributed by atoms with Gasteiger partial charge >= 0.3 is 29.5 Å². The summed E-state index contributed by atoms with van der Waals surface area (Å²) in [4.78, 5) is 61.7. The molecule has 0 radical (unpaired) electrons. The number of rotatable bonds is 21. The van der Waals surface area contributed by atoms with Crippen LogP contribution >= 0.6 is 0 Å². The maximum absolute atomic E-state index is 13.4. The Kier molecular flexibility index (Phi) is 16.8. The first-order chi connectivity index (χ1) is 26.5. The molecule has 2 aromatic carbocycles. The summed E-state index contributed by atoms with van der Waals surface area (Å²) >= 11 is 0. The number of benzene rings is 2. The number of hydrogen-bond acceptors (Lipinski definition) is 14. The van der Waals surface area contributed by atoms with Crippen molar-refractivity contribution in [3.63, 3.8) is 0 Å². The highest BCUT2D eigenvalue weighted by atomic mass is 16.7. The second kappa shape index (κ2) is 21.7. The molecule has 0 unspecified atom stereocenters. The van der Waals surface area contributed by atoms with Crippen LogP contribution < -0.4 is 19.8 Å². The van der Waals surface area contributed by atoms with Gasteiger partial charge in [0.15, 0.2) is 18.0 Å². The van der Waals surface area contributed by atoms with E-state index in [4.69, 9.17) is 42.3 Å². The van der Waals surface area contributed by atoms with Gasteiger partial charge in [0.2, 0.25) is 18.1 Å². The van der Waals surface area contributed by atoms with Gasteiger partial charge in [0.05, 0.1) is 12.0 Å². The van der Waals surface area contributed by atoms with E-state index in [9.17, 15) is 24.0 Å². The van der Waals surface area contributed by atoms with Crippen LogP contribution in [0.25, 0.3) is 11.0 Å². The zero-order valence-corrected chi connectivity index (χ0v) is 32.2. The van der Waals surface area contributed by atoms with Crippen LogP contribution in [-0.4, -0.2) is 67.8 Å². The highest BCUT2D eigenvalue weighted by molar-refractivity contribution is 5.86. The number of unbranched alkanes of at least 4 members (excludes halogenated alkanes) is 8. The zero-order valence-electron chi connectivity index (χ0n) is 32.2. The van der Waals surface area contributed by atoms with E-state index >= 15 is 0 Å². The summed E-state index contributed by atoms with van der Waals surface area (Å²) in [5, 5.41) is 0.423. The molecule has 14 nitrogen and oxygen atoms in total. The average Bonchev–Trinajstić information content (AvgIpc) is 3.13. The lowest BCUT2D eigenvalue weighted by molar-refractivity contribution is -0.288. The van der Waals surface area contributed by atoms with Crippen molar-refractivity contribution < 1.29 is 61.5 Å². The van der Waals surface area contributed by atoms with Crippen LogP contribution in [0, 0.1) is 0 Å². The Labute approximate surface area is 320 Å². The normalized spacial score (nSPS) is 19.3. The van der Waals surface area contributed by atoms with Gasteiger partial charge in [-0.05, 0) is 24.1 Å². The predicted octanol–water partition coefficient (Wildman–Crippen LogP) is 6.74. The van der Waals surface area contributed by atoms with Crippen molar-refractivity contribution in [3.05, 3.63) is 64.5 Å². The van der Waals surface area contributed by atoms with E-state index in [1.165, 1.54) is 45.1 Å². The number of carbonyl (C=O) groups excluding carboxylic acids is 4. The Morgan fingerprint density at radius 2 is 1.29 bits per heavy atom. The molecule has 300 valence electrons. The van der Waals surface area contributed by atoms with Gasteiger partial charge in [0.25, 0.3) is 0 Å². The zero-order chi connectivity index (χ0) is 39.7. The number of ether oxygens (including phenoxy) is 8. The van der Waals surface area contributed by atoms with Crippen LogP contribution in [0.4, 0.5) is 0 Å². The van der Waals surface area contributed by atoms with Gasteiger partial charge in [-0.1, -0.05) is 88.6 Å². The number of esters is 4. The SMILES string of the molecule is CCCCCCCCCCCOc1c(OCc2ccccc2)c2ccc(O[C@@H]3O[C@H](COC(C)=O)[C@@H](OC(C)=O)[C@H](OC(C)=O)[C@H]3OC(C)=O)cc2oc1=O. The second-order valence-corrected chi connectivity index (χ2v) is 13.3. The summed E-state index contributed by atoms with van der Waals surface area (Å²) in [6.07, 6.45) is 3.27. The van der Waals surface area contributed by atoms with Crippen molar-refractivity contribution in [2.24, 2.45) is 0 Å². The predicted molar refractivity (Wildman–Crippen MR) is 199 cm³/mol. The standard InChI is InChI=1S/C41H52O14/c1-6-7-8-9-10-11-12-13-17-22-47-38-35(49-24-30-18-15-14-16-19-30)32-21-20-31(23-33(32)54-40(38)46)53-41-39(52-29(5)45)37(51-28(4)44)36(50-27(3)43)34(55-41)25-48-26(2)42/h14-16,18-21,23,34,36-37,39,41H,6-13,17,22,24-25H2,1-5H3/t34-,36-,37+,39-,41-/m1/s1. The van der Waals surface area contributed by atoms with E-state index in [2.05, 4.69) is 6.92 Å². The van der Waals surface area contributed by atoms with E-state index in [0.717, 1.165) is 52.0 Å². The molecule has 1 aromatic heterocycles. The van der Waals surface area contributed by atoms with Gasteiger partial charge in [0, 0.05) is 33.8 Å². The number of hydrogen-bond donors (Lipinski definition) is 0. The van der Waals surface area contributed by atoms with Gasteiger partial charge in [-0.2, -0.15) is 0 Å². The number of carbonyl (C=O) groups is 4. The molecule has 0 bridgehead atoms.